The third kappa shape index (κ3) is 4.45. The van der Waals surface area contributed by atoms with E-state index in [-0.39, 0.29) is 0 Å². The fourth-order valence-corrected chi connectivity index (χ4v) is 0.961. The van der Waals surface area contributed by atoms with Gasteiger partial charge in [0.05, 0.1) is 46.2 Å². The van der Waals surface area contributed by atoms with Crippen molar-refractivity contribution in [3.8, 4) is 5.75 Å². The molecule has 0 aromatic heterocycles. The van der Waals surface area contributed by atoms with Gasteiger partial charge in [0.15, 0.2) is 0 Å². The predicted molar refractivity (Wildman–Crippen MR) is 64.2 cm³/mol. The molecule has 0 spiro atoms. The van der Waals surface area contributed by atoms with Crippen molar-refractivity contribution in [3.63, 3.8) is 0 Å². The number of nitrogens with zero attached hydrogens (tertiary/aromatic N) is 3. The lowest BCUT2D eigenvalue weighted by atomic mass is 10.2. The monoisotopic (exact) mass is 288 g/mol. The first-order chi connectivity index (χ1) is 9.26. The molecule has 20 heavy (non-hydrogen) atoms. The molecule has 0 saturated heterocycles. The Kier molecular flexibility index (Phi) is 6.51. The summed E-state index contributed by atoms with van der Waals surface area (Å²) >= 11 is 0. The molecule has 0 fully saturated rings. The summed E-state index contributed by atoms with van der Waals surface area (Å²) in [6.45, 7) is 3.32. The third-order valence-corrected chi connectivity index (χ3v) is 2.05. The minimum absolute atomic E-state index is 0.384. The molecule has 2 N–H and O–H groups in total. The van der Waals surface area contributed by atoms with Crippen molar-refractivity contribution >= 4 is 17.1 Å². The summed E-state index contributed by atoms with van der Waals surface area (Å²) in [5.74, 6) is -1.46. The van der Waals surface area contributed by atoms with E-state index in [0.717, 1.165) is 0 Å². The van der Waals surface area contributed by atoms with E-state index < -0.39 is 37.6 Å². The maximum absolute atomic E-state index is 11.1. The van der Waals surface area contributed by atoms with Gasteiger partial charge in [-0.25, -0.2) is 0 Å². The molecule has 0 aliphatic carbocycles. The smallest absolute Gasteiger partial charge is 0.283 e. The van der Waals surface area contributed by atoms with Crippen molar-refractivity contribution in [1.82, 2.24) is 0 Å². The zero-order valence-electron chi connectivity index (χ0n) is 10.6. The summed E-state index contributed by atoms with van der Waals surface area (Å²) in [4.78, 5) is 27.5. The van der Waals surface area contributed by atoms with Crippen LogP contribution in [-0.4, -0.2) is 28.4 Å². The van der Waals surface area contributed by atoms with Crippen molar-refractivity contribution in [2.24, 2.45) is 0 Å². The molecule has 1 rings (SSSR count). The Labute approximate surface area is 112 Å². The summed E-state index contributed by atoms with van der Waals surface area (Å²) in [6.07, 6.45) is 0. The van der Waals surface area contributed by atoms with Gasteiger partial charge in [-0.05, 0) is 6.92 Å². The second-order valence-corrected chi connectivity index (χ2v) is 3.40. The molecule has 0 radical (unpaired) electrons. The van der Waals surface area contributed by atoms with Crippen LogP contribution in [-0.2, 0) is 0 Å². The van der Waals surface area contributed by atoms with Gasteiger partial charge in [0, 0.05) is 0 Å². The molecular formula is C9H12N4O7. The van der Waals surface area contributed by atoms with E-state index in [9.17, 15) is 35.4 Å². The molecule has 0 aliphatic rings. The average Bonchev–Trinajstić information content (AvgIpc) is 2.38. The van der Waals surface area contributed by atoms with Gasteiger partial charge in [-0.2, -0.15) is 0 Å². The first-order valence-electron chi connectivity index (χ1n) is 5.32. The van der Waals surface area contributed by atoms with Crippen molar-refractivity contribution in [2.75, 3.05) is 13.6 Å². The van der Waals surface area contributed by atoms with Crippen LogP contribution in [0.2, 0.25) is 0 Å². The lowest BCUT2D eigenvalue weighted by Crippen LogP contribution is -2.78. The first kappa shape index (κ1) is 17.2. The topological polar surface area (TPSA) is 169 Å². The number of nitro benzene ring substituents is 3. The predicted octanol–water partition coefficient (Wildman–Crippen LogP) is -0.316. The first-order valence-corrected chi connectivity index (χ1v) is 5.32. The van der Waals surface area contributed by atoms with E-state index in [0.29, 0.717) is 12.1 Å². The molecule has 0 atom stereocenters. The number of hydrogen-bond donors (Lipinski definition) is 1. The standard InChI is InChI=1S/C6H3N3O7.C3H9N/c10-6-4(8(13)14)1-3(7(11)12)2-5(6)9(15)16;1-3-4-2/h1-2,10H;4H,3H2,1-2H3. The summed E-state index contributed by atoms with van der Waals surface area (Å²) in [6, 6.07) is 0.769. The van der Waals surface area contributed by atoms with Gasteiger partial charge in [0.1, 0.15) is 0 Å². The maximum atomic E-state index is 11.1. The molecular weight excluding hydrogens is 276 g/mol. The summed E-state index contributed by atoms with van der Waals surface area (Å²) in [5, 5.41) is 44.2. The van der Waals surface area contributed by atoms with Gasteiger partial charge < -0.3 is 10.4 Å². The van der Waals surface area contributed by atoms with Gasteiger partial charge in [0.2, 0.25) is 0 Å². The number of nitro groups is 3. The minimum atomic E-state index is -1.46. The van der Waals surface area contributed by atoms with Gasteiger partial charge in [0.25, 0.3) is 17.1 Å². The Morgan fingerprint density at radius 1 is 1.00 bits per heavy atom. The Bertz CT molecular complexity index is 494. The molecule has 0 saturated carbocycles. The lowest BCUT2D eigenvalue weighted by Gasteiger charge is -2.06. The fraction of sp³-hybridized carbons (Fsp3) is 0.333. The Balaban J connectivity index is 0.000000796. The van der Waals surface area contributed by atoms with Crippen LogP contribution in [0.1, 0.15) is 6.92 Å². The van der Waals surface area contributed by atoms with E-state index in [2.05, 4.69) is 19.3 Å². The second-order valence-electron chi connectivity index (χ2n) is 3.40. The largest absolute Gasteiger partial charge is 0.863 e. The van der Waals surface area contributed by atoms with E-state index in [1.807, 2.05) is 0 Å². The van der Waals surface area contributed by atoms with Crippen molar-refractivity contribution in [3.05, 3.63) is 42.5 Å². The molecule has 0 unspecified atom stereocenters. The van der Waals surface area contributed by atoms with Crippen LogP contribution in [0.25, 0.3) is 0 Å². The van der Waals surface area contributed by atoms with Crippen LogP contribution in [0, 0.1) is 30.3 Å². The van der Waals surface area contributed by atoms with Crippen LogP contribution >= 0.6 is 0 Å². The highest BCUT2D eigenvalue weighted by molar-refractivity contribution is 5.63. The molecule has 0 aliphatic heterocycles. The number of rotatable bonds is 4. The Morgan fingerprint density at radius 3 is 1.55 bits per heavy atom. The zero-order chi connectivity index (χ0) is 15.9. The number of benzene rings is 1. The quantitative estimate of drug-likeness (QED) is 0.584. The van der Waals surface area contributed by atoms with Crippen molar-refractivity contribution < 1.29 is 25.2 Å². The van der Waals surface area contributed by atoms with E-state index in [1.54, 1.807) is 0 Å². The lowest BCUT2D eigenvalue weighted by molar-refractivity contribution is -0.623. The van der Waals surface area contributed by atoms with Gasteiger partial charge in [-0.3, -0.25) is 30.3 Å². The van der Waals surface area contributed by atoms with E-state index in [1.165, 1.54) is 6.54 Å². The van der Waals surface area contributed by atoms with Gasteiger partial charge in [-0.1, -0.05) is 0 Å². The van der Waals surface area contributed by atoms with E-state index >= 15 is 0 Å². The van der Waals surface area contributed by atoms with Crippen molar-refractivity contribution in [1.29, 1.82) is 0 Å². The van der Waals surface area contributed by atoms with Crippen LogP contribution < -0.4 is 10.4 Å². The number of non-ortho nitro benzene ring substituents is 1. The molecule has 11 nitrogen and oxygen atoms in total. The van der Waals surface area contributed by atoms with E-state index in [4.69, 9.17) is 0 Å². The Hall–Kier alpha value is -2.82. The number of quaternary nitrogens is 1. The normalized spacial score (nSPS) is 9.30. The van der Waals surface area contributed by atoms with Crippen molar-refractivity contribution in [2.45, 2.75) is 6.92 Å². The molecule has 110 valence electrons. The van der Waals surface area contributed by atoms with Crippen LogP contribution in [0.3, 0.4) is 0 Å². The van der Waals surface area contributed by atoms with Gasteiger partial charge in [-0.15, -0.1) is 0 Å². The highest BCUT2D eigenvalue weighted by atomic mass is 16.6. The summed E-state index contributed by atoms with van der Waals surface area (Å²) in [7, 11) is 2.06. The van der Waals surface area contributed by atoms with Gasteiger partial charge >= 0.3 is 0 Å². The van der Waals surface area contributed by atoms with Crippen LogP contribution in [0.15, 0.2) is 12.1 Å². The molecule has 0 heterocycles. The maximum Gasteiger partial charge on any atom is 0.283 e. The molecule has 1 aromatic rings. The summed E-state index contributed by atoms with van der Waals surface area (Å²) in [5.41, 5.74) is -3.26. The fourth-order valence-electron chi connectivity index (χ4n) is 0.961. The molecule has 1 aromatic carbocycles. The minimum Gasteiger partial charge on any atom is -0.863 e. The average molecular weight is 288 g/mol. The number of nitrogens with two attached hydrogens (primary N) is 1. The second kappa shape index (κ2) is 7.58. The highest BCUT2D eigenvalue weighted by Gasteiger charge is 2.24. The molecule has 0 bridgehead atoms. The van der Waals surface area contributed by atoms with Crippen LogP contribution in [0.4, 0.5) is 17.1 Å². The van der Waals surface area contributed by atoms with Crippen LogP contribution in [0.5, 0.6) is 5.75 Å². The molecule has 0 amide bonds. The SMILES string of the molecule is CC[NH2+]C.O=[N+]([O-])c1cc([N+](=O)[O-])c([O-])c([N+](=O)[O-])c1. The third-order valence-electron chi connectivity index (χ3n) is 2.05. The number of hydrogen-bond acceptors (Lipinski definition) is 7. The zero-order valence-corrected chi connectivity index (χ0v) is 10.6. The Morgan fingerprint density at radius 2 is 1.35 bits per heavy atom. The highest BCUT2D eigenvalue weighted by Crippen LogP contribution is 2.36. The molecule has 11 heteroatoms. The summed E-state index contributed by atoms with van der Waals surface area (Å²) < 4.78 is 0.